The number of amides is 1. The van der Waals surface area contributed by atoms with Crippen molar-refractivity contribution in [2.75, 3.05) is 0 Å². The maximum Gasteiger partial charge on any atom is 0.304 e. The van der Waals surface area contributed by atoms with Crippen LogP contribution >= 0.6 is 11.8 Å². The van der Waals surface area contributed by atoms with E-state index in [1.165, 1.54) is 11.8 Å². The fourth-order valence-electron chi connectivity index (χ4n) is 0.939. The number of carboxylic acids is 1. The third-order valence-electron chi connectivity index (χ3n) is 1.55. The highest BCUT2D eigenvalue weighted by Gasteiger charge is 2.18. The van der Waals surface area contributed by atoms with E-state index in [0.717, 1.165) is 0 Å². The predicted molar refractivity (Wildman–Crippen MR) is 52.6 cm³/mol. The van der Waals surface area contributed by atoms with Crippen molar-refractivity contribution >= 4 is 23.6 Å². The lowest BCUT2D eigenvalue weighted by atomic mass is 10.3. The van der Waals surface area contributed by atoms with Gasteiger partial charge < -0.3 is 10.8 Å². The van der Waals surface area contributed by atoms with Crippen LogP contribution in [0.15, 0.2) is 0 Å². The van der Waals surface area contributed by atoms with E-state index >= 15 is 0 Å². The zero-order chi connectivity index (χ0) is 10.4. The SMILES string of the molecule is CCC(SC(C)CC(=O)O)C(N)=O. The Bertz CT molecular complexity index is 196. The number of carboxylic acid groups (broad SMARTS) is 1. The zero-order valence-electron chi connectivity index (χ0n) is 7.82. The van der Waals surface area contributed by atoms with Gasteiger partial charge in [-0.25, -0.2) is 0 Å². The summed E-state index contributed by atoms with van der Waals surface area (Å²) in [4.78, 5) is 21.1. The molecule has 0 bridgehead atoms. The van der Waals surface area contributed by atoms with Crippen molar-refractivity contribution in [2.24, 2.45) is 5.73 Å². The number of hydrogen-bond acceptors (Lipinski definition) is 3. The Kier molecular flexibility index (Phi) is 5.53. The quantitative estimate of drug-likeness (QED) is 0.673. The first-order valence-corrected chi connectivity index (χ1v) is 5.08. The Hall–Kier alpha value is -0.710. The summed E-state index contributed by atoms with van der Waals surface area (Å²) in [5.74, 6) is -1.22. The molecule has 1 amide bonds. The van der Waals surface area contributed by atoms with Gasteiger partial charge in [0.25, 0.3) is 0 Å². The van der Waals surface area contributed by atoms with Gasteiger partial charge >= 0.3 is 5.97 Å². The average molecular weight is 205 g/mol. The van der Waals surface area contributed by atoms with Gasteiger partial charge in [-0.15, -0.1) is 11.8 Å². The minimum Gasteiger partial charge on any atom is -0.481 e. The number of primary amides is 1. The van der Waals surface area contributed by atoms with Gasteiger partial charge in [0.15, 0.2) is 0 Å². The van der Waals surface area contributed by atoms with Gasteiger partial charge in [-0.05, 0) is 6.42 Å². The van der Waals surface area contributed by atoms with Crippen LogP contribution in [0.5, 0.6) is 0 Å². The molecule has 0 aromatic heterocycles. The molecule has 0 rings (SSSR count). The molecule has 0 aliphatic rings. The largest absolute Gasteiger partial charge is 0.481 e. The molecular weight excluding hydrogens is 190 g/mol. The Morgan fingerprint density at radius 2 is 2.08 bits per heavy atom. The predicted octanol–water partition coefficient (Wildman–Crippen LogP) is 0.847. The first kappa shape index (κ1) is 12.3. The van der Waals surface area contributed by atoms with Crippen molar-refractivity contribution in [2.45, 2.75) is 37.2 Å². The lowest BCUT2D eigenvalue weighted by Gasteiger charge is -2.14. The molecule has 0 aliphatic heterocycles. The van der Waals surface area contributed by atoms with E-state index in [0.29, 0.717) is 6.42 Å². The molecule has 76 valence electrons. The zero-order valence-corrected chi connectivity index (χ0v) is 8.63. The first-order valence-electron chi connectivity index (χ1n) is 4.14. The summed E-state index contributed by atoms with van der Waals surface area (Å²) in [6.45, 7) is 3.64. The summed E-state index contributed by atoms with van der Waals surface area (Å²) in [6, 6.07) is 0. The molecule has 0 saturated heterocycles. The van der Waals surface area contributed by atoms with Gasteiger partial charge in [0.1, 0.15) is 0 Å². The maximum absolute atomic E-state index is 10.8. The number of nitrogens with two attached hydrogens (primary N) is 1. The van der Waals surface area contributed by atoms with Crippen LogP contribution < -0.4 is 5.73 Å². The second-order valence-corrected chi connectivity index (χ2v) is 4.49. The van der Waals surface area contributed by atoms with Crippen LogP contribution in [0.2, 0.25) is 0 Å². The molecular formula is C8H15NO3S. The van der Waals surface area contributed by atoms with Gasteiger partial charge in [-0.3, -0.25) is 9.59 Å². The topological polar surface area (TPSA) is 80.4 Å². The molecule has 0 aliphatic carbocycles. The molecule has 0 aromatic rings. The summed E-state index contributed by atoms with van der Waals surface area (Å²) < 4.78 is 0. The number of hydrogen-bond donors (Lipinski definition) is 2. The van der Waals surface area contributed by atoms with Gasteiger partial charge in [0.2, 0.25) is 5.91 Å². The monoisotopic (exact) mass is 205 g/mol. The Balaban J connectivity index is 3.93. The molecule has 13 heavy (non-hydrogen) atoms. The van der Waals surface area contributed by atoms with Crippen LogP contribution in [-0.2, 0) is 9.59 Å². The molecule has 0 saturated carbocycles. The second-order valence-electron chi connectivity index (χ2n) is 2.84. The Morgan fingerprint density at radius 3 is 2.38 bits per heavy atom. The number of carbonyl (C=O) groups excluding carboxylic acids is 1. The maximum atomic E-state index is 10.8. The van der Waals surface area contributed by atoms with E-state index in [4.69, 9.17) is 10.8 Å². The van der Waals surface area contributed by atoms with Gasteiger partial charge in [0, 0.05) is 5.25 Å². The first-order chi connectivity index (χ1) is 5.97. The highest BCUT2D eigenvalue weighted by molar-refractivity contribution is 8.01. The summed E-state index contributed by atoms with van der Waals surface area (Å²) >= 11 is 1.33. The van der Waals surface area contributed by atoms with E-state index in [1.807, 2.05) is 6.92 Å². The smallest absolute Gasteiger partial charge is 0.304 e. The van der Waals surface area contributed by atoms with Crippen molar-refractivity contribution < 1.29 is 14.7 Å². The number of thioether (sulfide) groups is 1. The van der Waals surface area contributed by atoms with E-state index in [9.17, 15) is 9.59 Å². The number of carbonyl (C=O) groups is 2. The van der Waals surface area contributed by atoms with Crippen LogP contribution in [-0.4, -0.2) is 27.5 Å². The molecule has 0 heterocycles. The molecule has 3 N–H and O–H groups in total. The van der Waals surface area contributed by atoms with Crippen LogP contribution in [0.4, 0.5) is 0 Å². The lowest BCUT2D eigenvalue weighted by Crippen LogP contribution is -2.27. The third kappa shape index (κ3) is 5.52. The van der Waals surface area contributed by atoms with Gasteiger partial charge in [0.05, 0.1) is 11.7 Å². The average Bonchev–Trinajstić information content (AvgIpc) is 1.98. The Labute approximate surface area is 81.9 Å². The summed E-state index contributed by atoms with van der Waals surface area (Å²) in [5.41, 5.74) is 5.12. The van der Waals surface area contributed by atoms with E-state index in [1.54, 1.807) is 6.92 Å². The van der Waals surface area contributed by atoms with E-state index < -0.39 is 5.97 Å². The summed E-state index contributed by atoms with van der Waals surface area (Å²) in [6.07, 6.45) is 0.707. The van der Waals surface area contributed by atoms with Crippen LogP contribution in [0.25, 0.3) is 0 Å². The third-order valence-corrected chi connectivity index (χ3v) is 3.07. The fraction of sp³-hybridized carbons (Fsp3) is 0.750. The molecule has 0 fully saturated rings. The molecule has 0 spiro atoms. The van der Waals surface area contributed by atoms with Crippen molar-refractivity contribution in [1.29, 1.82) is 0 Å². The second kappa shape index (κ2) is 5.85. The normalized spacial score (nSPS) is 14.9. The van der Waals surface area contributed by atoms with Crippen LogP contribution in [0, 0.1) is 0 Å². The minimum absolute atomic E-state index is 0.0639. The summed E-state index contributed by atoms with van der Waals surface area (Å²) in [5, 5.41) is 8.14. The molecule has 0 radical (unpaired) electrons. The van der Waals surface area contributed by atoms with Crippen LogP contribution in [0.1, 0.15) is 26.7 Å². The van der Waals surface area contributed by atoms with Crippen molar-refractivity contribution in [3.63, 3.8) is 0 Å². The van der Waals surface area contributed by atoms with Crippen molar-refractivity contribution in [1.82, 2.24) is 0 Å². The summed E-state index contributed by atoms with van der Waals surface area (Å²) in [7, 11) is 0. The van der Waals surface area contributed by atoms with E-state index in [-0.39, 0.29) is 22.8 Å². The van der Waals surface area contributed by atoms with E-state index in [2.05, 4.69) is 0 Å². The lowest BCUT2D eigenvalue weighted by molar-refractivity contribution is -0.136. The highest BCUT2D eigenvalue weighted by Crippen LogP contribution is 2.22. The molecule has 0 aromatic carbocycles. The molecule has 4 nitrogen and oxygen atoms in total. The molecule has 2 unspecified atom stereocenters. The fourth-order valence-corrected chi connectivity index (χ4v) is 2.07. The Morgan fingerprint density at radius 1 is 1.54 bits per heavy atom. The number of aliphatic carboxylic acids is 1. The van der Waals surface area contributed by atoms with Crippen molar-refractivity contribution in [3.8, 4) is 0 Å². The minimum atomic E-state index is -0.848. The van der Waals surface area contributed by atoms with Gasteiger partial charge in [-0.1, -0.05) is 13.8 Å². The van der Waals surface area contributed by atoms with Crippen LogP contribution in [0.3, 0.4) is 0 Å². The number of rotatable bonds is 6. The highest BCUT2D eigenvalue weighted by atomic mass is 32.2. The standard InChI is InChI=1S/C8H15NO3S/c1-3-6(8(9)12)13-5(2)4-7(10)11/h5-6H,3-4H2,1-2H3,(H2,9,12)(H,10,11). The van der Waals surface area contributed by atoms with Gasteiger partial charge in [-0.2, -0.15) is 0 Å². The molecule has 2 atom stereocenters. The van der Waals surface area contributed by atoms with Crippen molar-refractivity contribution in [3.05, 3.63) is 0 Å². The molecule has 5 heteroatoms.